The number of rotatable bonds is 3. The van der Waals surface area contributed by atoms with Crippen LogP contribution < -0.4 is 5.32 Å². The average Bonchev–Trinajstić information content (AvgIpc) is 3.05. The van der Waals surface area contributed by atoms with E-state index >= 15 is 0 Å². The van der Waals surface area contributed by atoms with Gasteiger partial charge >= 0.3 is 0 Å². The summed E-state index contributed by atoms with van der Waals surface area (Å²) in [6, 6.07) is 6.20. The number of hydrogen-bond acceptors (Lipinski definition) is 5. The maximum absolute atomic E-state index is 12.4. The van der Waals surface area contributed by atoms with Crippen molar-refractivity contribution in [1.82, 2.24) is 10.3 Å². The first-order valence-corrected chi connectivity index (χ1v) is 11.6. The van der Waals surface area contributed by atoms with Crippen LogP contribution in [0.5, 0.6) is 0 Å². The summed E-state index contributed by atoms with van der Waals surface area (Å²) in [5.74, 6) is 1.23. The number of aromatic nitrogens is 1. The number of amides is 1. The van der Waals surface area contributed by atoms with Crippen molar-refractivity contribution in [3.05, 3.63) is 29.7 Å². The topological polar surface area (TPSA) is 89.3 Å². The molecule has 1 amide bonds. The molecule has 0 spiro atoms. The highest BCUT2D eigenvalue weighted by Gasteiger charge is 2.31. The van der Waals surface area contributed by atoms with E-state index in [4.69, 9.17) is 4.42 Å². The molecule has 0 bridgehead atoms. The Morgan fingerprint density at radius 3 is 2.52 bits per heavy atom. The van der Waals surface area contributed by atoms with E-state index < -0.39 is 9.84 Å². The Kier molecular flexibility index (Phi) is 4.97. The van der Waals surface area contributed by atoms with Gasteiger partial charge in [-0.25, -0.2) is 13.4 Å². The molecule has 1 aliphatic carbocycles. The van der Waals surface area contributed by atoms with Gasteiger partial charge < -0.3 is 9.73 Å². The summed E-state index contributed by atoms with van der Waals surface area (Å²) >= 11 is 0. The van der Waals surface area contributed by atoms with Gasteiger partial charge in [0.2, 0.25) is 5.91 Å². The zero-order valence-electron chi connectivity index (χ0n) is 15.6. The lowest BCUT2D eigenvalue weighted by Gasteiger charge is -2.29. The molecule has 146 valence electrons. The van der Waals surface area contributed by atoms with Crippen LogP contribution in [0, 0.1) is 12.8 Å². The second-order valence-corrected chi connectivity index (χ2v) is 10.3. The third-order valence-electron chi connectivity index (χ3n) is 5.91. The lowest BCUT2D eigenvalue weighted by molar-refractivity contribution is -0.126. The number of carbonyl (C=O) groups excluding carboxylic acids is 1. The summed E-state index contributed by atoms with van der Waals surface area (Å²) in [6.07, 6.45) is 4.58. The van der Waals surface area contributed by atoms with E-state index in [0.717, 1.165) is 42.7 Å². The Morgan fingerprint density at radius 2 is 1.81 bits per heavy atom. The summed E-state index contributed by atoms with van der Waals surface area (Å²) in [7, 11) is -2.93. The zero-order chi connectivity index (χ0) is 19.0. The molecule has 1 aliphatic heterocycles. The molecule has 2 aromatic rings. The molecule has 1 saturated heterocycles. The summed E-state index contributed by atoms with van der Waals surface area (Å²) in [6.45, 7) is 2.05. The maximum atomic E-state index is 12.4. The number of fused-ring (bicyclic) bond motifs is 1. The summed E-state index contributed by atoms with van der Waals surface area (Å²) < 4.78 is 29.0. The van der Waals surface area contributed by atoms with Gasteiger partial charge in [-0.15, -0.1) is 0 Å². The van der Waals surface area contributed by atoms with E-state index in [1.807, 2.05) is 25.1 Å². The fraction of sp³-hybridized carbons (Fsp3) is 0.600. The number of nitrogens with one attached hydrogen (secondary N) is 1. The molecule has 2 fully saturated rings. The summed E-state index contributed by atoms with van der Waals surface area (Å²) in [4.78, 5) is 17.1. The Hall–Kier alpha value is -1.89. The molecule has 7 heteroatoms. The van der Waals surface area contributed by atoms with E-state index in [0.29, 0.717) is 18.8 Å². The minimum Gasteiger partial charge on any atom is -0.440 e. The van der Waals surface area contributed by atoms with Gasteiger partial charge in [0.15, 0.2) is 11.5 Å². The first kappa shape index (κ1) is 18.5. The molecule has 2 heterocycles. The molecule has 27 heavy (non-hydrogen) atoms. The van der Waals surface area contributed by atoms with E-state index in [9.17, 15) is 13.2 Å². The van der Waals surface area contributed by atoms with Crippen LogP contribution in [0.1, 0.15) is 55.9 Å². The Labute approximate surface area is 159 Å². The lowest BCUT2D eigenvalue weighted by Crippen LogP contribution is -2.42. The van der Waals surface area contributed by atoms with Crippen LogP contribution in [0.15, 0.2) is 22.6 Å². The second kappa shape index (κ2) is 7.26. The molecular formula is C20H26N2O4S. The van der Waals surface area contributed by atoms with E-state index in [2.05, 4.69) is 10.3 Å². The molecule has 6 nitrogen and oxygen atoms in total. The third kappa shape index (κ3) is 4.18. The Morgan fingerprint density at radius 1 is 1.11 bits per heavy atom. The number of nitrogens with zero attached hydrogens (tertiary/aromatic N) is 1. The quantitative estimate of drug-likeness (QED) is 0.870. The normalized spacial score (nSPS) is 26.1. The number of oxazole rings is 1. The molecule has 4 rings (SSSR count). The highest BCUT2D eigenvalue weighted by Crippen LogP contribution is 2.34. The van der Waals surface area contributed by atoms with Crippen LogP contribution in [0.3, 0.4) is 0 Å². The first-order valence-electron chi connectivity index (χ1n) is 9.77. The standard InChI is InChI=1S/C20H26N2O4S/c1-13-2-7-18-17(12-13)22-20(26-18)15-3-5-16(6-4-15)21-19(23)14-8-10-27(24,25)11-9-14/h2,7,12,14-16H,3-6,8-11H2,1H3,(H,21,23). The predicted octanol–water partition coefficient (Wildman–Crippen LogP) is 3.10. The molecule has 1 N–H and O–H groups in total. The smallest absolute Gasteiger partial charge is 0.223 e. The molecule has 0 atom stereocenters. The van der Waals surface area contributed by atoms with Crippen molar-refractivity contribution in [3.8, 4) is 0 Å². The van der Waals surface area contributed by atoms with Crippen molar-refractivity contribution in [2.75, 3.05) is 11.5 Å². The number of aryl methyl sites for hydroxylation is 1. The van der Waals surface area contributed by atoms with Gasteiger partial charge in [0.25, 0.3) is 0 Å². The van der Waals surface area contributed by atoms with Crippen molar-refractivity contribution in [1.29, 1.82) is 0 Å². The fourth-order valence-corrected chi connectivity index (χ4v) is 5.68. The molecule has 0 radical (unpaired) electrons. The lowest BCUT2D eigenvalue weighted by atomic mass is 9.85. The van der Waals surface area contributed by atoms with Crippen LogP contribution in [0.25, 0.3) is 11.1 Å². The summed E-state index contributed by atoms with van der Waals surface area (Å²) in [5, 5.41) is 3.14. The van der Waals surface area contributed by atoms with Gasteiger partial charge in [0.1, 0.15) is 15.4 Å². The van der Waals surface area contributed by atoms with Crippen LogP contribution in [0.2, 0.25) is 0 Å². The van der Waals surface area contributed by atoms with Crippen molar-refractivity contribution in [2.24, 2.45) is 5.92 Å². The van der Waals surface area contributed by atoms with Gasteiger partial charge in [-0.2, -0.15) is 0 Å². The maximum Gasteiger partial charge on any atom is 0.223 e. The van der Waals surface area contributed by atoms with Crippen molar-refractivity contribution < 1.29 is 17.6 Å². The molecular weight excluding hydrogens is 364 g/mol. The molecule has 1 aromatic heterocycles. The average molecular weight is 391 g/mol. The minimum absolute atomic E-state index is 0.0192. The van der Waals surface area contributed by atoms with Crippen LogP contribution in [-0.4, -0.2) is 36.9 Å². The minimum atomic E-state index is -2.93. The molecule has 1 saturated carbocycles. The van der Waals surface area contributed by atoms with Gasteiger partial charge in [-0.05, 0) is 63.1 Å². The van der Waals surface area contributed by atoms with Gasteiger partial charge in [0.05, 0.1) is 11.5 Å². The first-order chi connectivity index (χ1) is 12.9. The van der Waals surface area contributed by atoms with E-state index in [-0.39, 0.29) is 29.4 Å². The summed E-state index contributed by atoms with van der Waals surface area (Å²) in [5.41, 5.74) is 2.91. The molecule has 0 unspecified atom stereocenters. The van der Waals surface area contributed by atoms with Crippen LogP contribution >= 0.6 is 0 Å². The largest absolute Gasteiger partial charge is 0.440 e. The number of benzene rings is 1. The van der Waals surface area contributed by atoms with Gasteiger partial charge in [-0.1, -0.05) is 6.07 Å². The van der Waals surface area contributed by atoms with Gasteiger partial charge in [0, 0.05) is 17.9 Å². The fourth-order valence-electron chi connectivity index (χ4n) is 4.19. The molecule has 2 aliphatic rings. The Bertz CT molecular complexity index is 928. The number of carbonyl (C=O) groups is 1. The van der Waals surface area contributed by atoms with E-state index in [1.54, 1.807) is 0 Å². The monoisotopic (exact) mass is 390 g/mol. The number of hydrogen-bond donors (Lipinski definition) is 1. The highest BCUT2D eigenvalue weighted by molar-refractivity contribution is 7.91. The van der Waals surface area contributed by atoms with Crippen molar-refractivity contribution in [3.63, 3.8) is 0 Å². The van der Waals surface area contributed by atoms with Crippen molar-refractivity contribution in [2.45, 2.75) is 57.4 Å². The van der Waals surface area contributed by atoms with Gasteiger partial charge in [-0.3, -0.25) is 4.79 Å². The third-order valence-corrected chi connectivity index (χ3v) is 7.62. The second-order valence-electron chi connectivity index (χ2n) is 8.01. The predicted molar refractivity (Wildman–Crippen MR) is 103 cm³/mol. The highest BCUT2D eigenvalue weighted by atomic mass is 32.2. The van der Waals surface area contributed by atoms with Crippen molar-refractivity contribution >= 4 is 26.8 Å². The molecule has 1 aromatic carbocycles. The van der Waals surface area contributed by atoms with Crippen LogP contribution in [-0.2, 0) is 14.6 Å². The SMILES string of the molecule is Cc1ccc2oc(C3CCC(NC(=O)C4CCS(=O)(=O)CC4)CC3)nc2c1. The zero-order valence-corrected chi connectivity index (χ0v) is 16.4. The van der Waals surface area contributed by atoms with E-state index in [1.165, 1.54) is 5.56 Å². The number of sulfone groups is 1. The Balaban J connectivity index is 1.31. The van der Waals surface area contributed by atoms with Crippen LogP contribution in [0.4, 0.5) is 0 Å².